The number of nitrogens with one attached hydrogen (secondary N) is 1. The number of rotatable bonds is 5. The molecule has 8 heteroatoms. The predicted molar refractivity (Wildman–Crippen MR) is 77.3 cm³/mol. The summed E-state index contributed by atoms with van der Waals surface area (Å²) in [7, 11) is 0. The van der Waals surface area contributed by atoms with Crippen LogP contribution in [-0.4, -0.2) is 51.6 Å². The number of nitrogens with zero attached hydrogens (tertiary/aromatic N) is 1. The zero-order valence-corrected chi connectivity index (χ0v) is 12.4. The lowest BCUT2D eigenvalue weighted by molar-refractivity contribution is -0.151. The predicted octanol–water partition coefficient (Wildman–Crippen LogP) is -0.142. The molecule has 1 aromatic carbocycles. The maximum absolute atomic E-state index is 12.8. The lowest BCUT2D eigenvalue weighted by atomic mass is 9.74. The van der Waals surface area contributed by atoms with Crippen LogP contribution in [0.5, 0.6) is 0 Å². The number of aliphatic carboxylic acids is 1. The van der Waals surface area contributed by atoms with Crippen molar-refractivity contribution >= 4 is 23.8 Å². The normalized spacial score (nSPS) is 22.7. The summed E-state index contributed by atoms with van der Waals surface area (Å²) in [4.78, 5) is 48.4. The molecule has 122 valence electrons. The summed E-state index contributed by atoms with van der Waals surface area (Å²) in [6.07, 6.45) is -1.85. The van der Waals surface area contributed by atoms with Crippen LogP contribution in [0.2, 0.25) is 0 Å². The van der Waals surface area contributed by atoms with E-state index in [0.717, 1.165) is 0 Å². The Hall–Kier alpha value is -2.74. The third-order valence-corrected chi connectivity index (χ3v) is 3.90. The molecule has 1 heterocycles. The molecule has 8 nitrogen and oxygen atoms in total. The first-order valence-corrected chi connectivity index (χ1v) is 6.98. The standard InChI is InChI=1S/C15H16N2O6/c1-2-15(9-6-4-3-5-7-9)12(21)16-14(23)17(13(15)22)8-10(18)11(19)20/h3-7,10,18H,2,8H2,1H3,(H,19,20)(H,16,21,23). The van der Waals surface area contributed by atoms with Gasteiger partial charge in [-0.2, -0.15) is 0 Å². The van der Waals surface area contributed by atoms with Gasteiger partial charge < -0.3 is 10.2 Å². The molecule has 3 N–H and O–H groups in total. The summed E-state index contributed by atoms with van der Waals surface area (Å²) in [6.45, 7) is 0.883. The number of urea groups is 1. The van der Waals surface area contributed by atoms with Gasteiger partial charge in [0, 0.05) is 0 Å². The molecule has 1 fully saturated rings. The van der Waals surface area contributed by atoms with Crippen LogP contribution in [0.25, 0.3) is 0 Å². The van der Waals surface area contributed by atoms with Gasteiger partial charge in [-0.25, -0.2) is 9.59 Å². The van der Waals surface area contributed by atoms with Crippen molar-refractivity contribution in [2.24, 2.45) is 0 Å². The molecular weight excluding hydrogens is 304 g/mol. The number of hydrogen-bond donors (Lipinski definition) is 3. The van der Waals surface area contributed by atoms with Gasteiger partial charge >= 0.3 is 12.0 Å². The minimum absolute atomic E-state index is 0.0780. The van der Waals surface area contributed by atoms with E-state index in [1.54, 1.807) is 37.3 Å². The molecule has 2 unspecified atom stereocenters. The molecule has 0 aliphatic carbocycles. The topological polar surface area (TPSA) is 124 Å². The summed E-state index contributed by atoms with van der Waals surface area (Å²) >= 11 is 0. The first-order chi connectivity index (χ1) is 10.8. The number of amides is 4. The Morgan fingerprint density at radius 3 is 2.39 bits per heavy atom. The Morgan fingerprint density at radius 2 is 1.87 bits per heavy atom. The van der Waals surface area contributed by atoms with Crippen molar-refractivity contribution in [1.82, 2.24) is 10.2 Å². The van der Waals surface area contributed by atoms with Crippen LogP contribution in [0.1, 0.15) is 18.9 Å². The molecule has 0 spiro atoms. The highest BCUT2D eigenvalue weighted by Crippen LogP contribution is 2.33. The Kier molecular flexibility index (Phi) is 4.46. The number of hydrogen-bond acceptors (Lipinski definition) is 5. The molecule has 1 saturated heterocycles. The van der Waals surface area contributed by atoms with Crippen molar-refractivity contribution in [2.45, 2.75) is 24.9 Å². The molecule has 1 aromatic rings. The van der Waals surface area contributed by atoms with Gasteiger partial charge in [-0.15, -0.1) is 0 Å². The zero-order valence-electron chi connectivity index (χ0n) is 12.4. The highest BCUT2D eigenvalue weighted by Gasteiger charge is 2.54. The van der Waals surface area contributed by atoms with Crippen molar-refractivity contribution in [2.75, 3.05) is 6.54 Å². The van der Waals surface area contributed by atoms with Gasteiger partial charge in [-0.3, -0.25) is 19.8 Å². The highest BCUT2D eigenvalue weighted by atomic mass is 16.4. The van der Waals surface area contributed by atoms with Gasteiger partial charge in [0.2, 0.25) is 5.91 Å². The number of carboxylic acid groups (broad SMARTS) is 1. The van der Waals surface area contributed by atoms with E-state index in [9.17, 15) is 24.3 Å². The number of imide groups is 2. The maximum Gasteiger partial charge on any atom is 0.334 e. The minimum atomic E-state index is -1.93. The second-order valence-corrected chi connectivity index (χ2v) is 5.15. The summed E-state index contributed by atoms with van der Waals surface area (Å²) in [5.41, 5.74) is -1.24. The summed E-state index contributed by atoms with van der Waals surface area (Å²) < 4.78 is 0. The minimum Gasteiger partial charge on any atom is -0.479 e. The third-order valence-electron chi connectivity index (χ3n) is 3.90. The zero-order chi connectivity index (χ0) is 17.2. The molecule has 0 radical (unpaired) electrons. The first kappa shape index (κ1) is 16.6. The van der Waals surface area contributed by atoms with Gasteiger partial charge in [0.25, 0.3) is 5.91 Å². The number of β-amino-alcohol motifs (C(OH)–C–C–N with tert-alkyl or cyclic N) is 1. The van der Waals surface area contributed by atoms with E-state index in [0.29, 0.717) is 10.5 Å². The van der Waals surface area contributed by atoms with Crippen LogP contribution >= 0.6 is 0 Å². The fraction of sp³-hybridized carbons (Fsp3) is 0.333. The SMILES string of the molecule is CCC1(c2ccccc2)C(=O)NC(=O)N(CC(O)C(=O)O)C1=O. The van der Waals surface area contributed by atoms with Gasteiger partial charge in [0.05, 0.1) is 6.54 Å². The van der Waals surface area contributed by atoms with Crippen molar-refractivity contribution in [1.29, 1.82) is 0 Å². The number of barbiturate groups is 1. The molecule has 2 rings (SSSR count). The van der Waals surface area contributed by atoms with Gasteiger partial charge in [0.15, 0.2) is 11.5 Å². The molecule has 0 saturated carbocycles. The van der Waals surface area contributed by atoms with Crippen LogP contribution < -0.4 is 5.32 Å². The van der Waals surface area contributed by atoms with E-state index < -0.39 is 41.9 Å². The maximum atomic E-state index is 12.8. The van der Waals surface area contributed by atoms with Crippen molar-refractivity contribution in [3.05, 3.63) is 35.9 Å². The average molecular weight is 320 g/mol. The smallest absolute Gasteiger partial charge is 0.334 e. The number of benzene rings is 1. The van der Waals surface area contributed by atoms with Gasteiger partial charge in [0.1, 0.15) is 0 Å². The second-order valence-electron chi connectivity index (χ2n) is 5.15. The molecule has 2 atom stereocenters. The highest BCUT2D eigenvalue weighted by molar-refractivity contribution is 6.22. The Bertz CT molecular complexity index is 659. The van der Waals surface area contributed by atoms with Crippen LogP contribution in [-0.2, 0) is 19.8 Å². The Labute approximate surface area is 131 Å². The molecule has 23 heavy (non-hydrogen) atoms. The Morgan fingerprint density at radius 1 is 1.26 bits per heavy atom. The largest absolute Gasteiger partial charge is 0.479 e. The lowest BCUT2D eigenvalue weighted by Gasteiger charge is -2.39. The van der Waals surface area contributed by atoms with Crippen LogP contribution in [0.4, 0.5) is 4.79 Å². The van der Waals surface area contributed by atoms with Crippen molar-refractivity contribution in [3.63, 3.8) is 0 Å². The fourth-order valence-electron chi connectivity index (χ4n) is 2.60. The van der Waals surface area contributed by atoms with Gasteiger partial charge in [-0.05, 0) is 12.0 Å². The quantitative estimate of drug-likeness (QED) is 0.649. The number of carbonyl (C=O) groups excluding carboxylic acids is 3. The molecule has 0 bridgehead atoms. The van der Waals surface area contributed by atoms with Crippen LogP contribution in [0, 0.1) is 0 Å². The monoisotopic (exact) mass is 320 g/mol. The second kappa shape index (κ2) is 6.17. The summed E-state index contributed by atoms with van der Waals surface area (Å²) in [5.74, 6) is -3.17. The van der Waals surface area contributed by atoms with E-state index in [1.807, 2.05) is 0 Å². The van der Waals surface area contributed by atoms with Crippen molar-refractivity contribution < 1.29 is 29.4 Å². The molecule has 4 amide bonds. The van der Waals surface area contributed by atoms with E-state index >= 15 is 0 Å². The number of carboxylic acids is 1. The Balaban J connectivity index is 2.46. The number of aliphatic hydroxyl groups is 1. The number of carbonyl (C=O) groups is 4. The first-order valence-electron chi connectivity index (χ1n) is 6.98. The molecule has 1 aliphatic heterocycles. The average Bonchev–Trinajstić information content (AvgIpc) is 2.53. The fourth-order valence-corrected chi connectivity index (χ4v) is 2.60. The van der Waals surface area contributed by atoms with E-state index in [4.69, 9.17) is 5.11 Å². The molecule has 1 aliphatic rings. The van der Waals surface area contributed by atoms with E-state index in [1.165, 1.54) is 0 Å². The summed E-state index contributed by atoms with van der Waals surface area (Å²) in [5, 5.41) is 20.3. The van der Waals surface area contributed by atoms with Crippen molar-refractivity contribution in [3.8, 4) is 0 Å². The van der Waals surface area contributed by atoms with Gasteiger partial charge in [-0.1, -0.05) is 37.3 Å². The molecule has 0 aromatic heterocycles. The number of aliphatic hydroxyl groups excluding tert-OH is 1. The third kappa shape index (κ3) is 2.68. The van der Waals surface area contributed by atoms with Crippen LogP contribution in [0.15, 0.2) is 30.3 Å². The van der Waals surface area contributed by atoms with Crippen LogP contribution in [0.3, 0.4) is 0 Å². The molecular formula is C15H16N2O6. The lowest BCUT2D eigenvalue weighted by Crippen LogP contribution is -2.67. The summed E-state index contributed by atoms with van der Waals surface area (Å²) in [6, 6.07) is 7.15. The van der Waals surface area contributed by atoms with E-state index in [2.05, 4.69) is 5.32 Å². The van der Waals surface area contributed by atoms with E-state index in [-0.39, 0.29) is 6.42 Å².